The topological polar surface area (TPSA) is 75.1 Å². The molecule has 2 aromatic carbocycles. The highest BCUT2D eigenvalue weighted by atomic mass is 35.5. The first-order valence-electron chi connectivity index (χ1n) is 6.16. The number of nitrogens with one attached hydrogen (secondary N) is 1. The number of aromatic hydroxyl groups is 1. The van der Waals surface area contributed by atoms with Gasteiger partial charge in [-0.05, 0) is 23.6 Å². The van der Waals surface area contributed by atoms with E-state index >= 15 is 0 Å². The molecular weight excluding hydrogens is 290 g/mol. The fourth-order valence-corrected chi connectivity index (χ4v) is 2.11. The van der Waals surface area contributed by atoms with E-state index < -0.39 is 5.91 Å². The zero-order valence-corrected chi connectivity index (χ0v) is 11.5. The summed E-state index contributed by atoms with van der Waals surface area (Å²) in [7, 11) is 0. The minimum Gasteiger partial charge on any atom is -0.506 e. The van der Waals surface area contributed by atoms with Gasteiger partial charge in [0.2, 0.25) is 0 Å². The van der Waals surface area contributed by atoms with Crippen LogP contribution in [0.3, 0.4) is 0 Å². The second-order valence-corrected chi connectivity index (χ2v) is 4.77. The second-order valence-electron chi connectivity index (χ2n) is 4.38. The van der Waals surface area contributed by atoms with Crippen molar-refractivity contribution >= 4 is 34.1 Å². The molecule has 0 radical (unpaired) electrons. The summed E-state index contributed by atoms with van der Waals surface area (Å²) in [6.07, 6.45) is 0. The molecule has 0 fully saturated rings. The van der Waals surface area contributed by atoms with E-state index in [1.165, 1.54) is 12.1 Å². The Morgan fingerprint density at radius 2 is 1.86 bits per heavy atom. The number of carbonyl (C=O) groups is 1. The predicted octanol–water partition coefficient (Wildman–Crippen LogP) is 3.24. The van der Waals surface area contributed by atoms with Gasteiger partial charge < -0.3 is 10.4 Å². The van der Waals surface area contributed by atoms with Crippen LogP contribution in [0.15, 0.2) is 48.5 Å². The lowest BCUT2D eigenvalue weighted by Crippen LogP contribution is -2.13. The molecule has 0 bridgehead atoms. The molecule has 0 aliphatic carbocycles. The maximum absolute atomic E-state index is 12.2. The van der Waals surface area contributed by atoms with E-state index in [2.05, 4.69) is 15.5 Å². The van der Waals surface area contributed by atoms with Crippen LogP contribution in [-0.2, 0) is 0 Å². The van der Waals surface area contributed by atoms with Gasteiger partial charge in [-0.25, -0.2) is 0 Å². The van der Waals surface area contributed by atoms with Crippen molar-refractivity contribution in [1.29, 1.82) is 0 Å². The summed E-state index contributed by atoms with van der Waals surface area (Å²) in [6.45, 7) is 0. The summed E-state index contributed by atoms with van der Waals surface area (Å²) >= 11 is 5.63. The Bertz CT molecular complexity index is 819. The van der Waals surface area contributed by atoms with E-state index in [4.69, 9.17) is 11.6 Å². The molecule has 0 aliphatic heterocycles. The van der Waals surface area contributed by atoms with Gasteiger partial charge in [0.1, 0.15) is 5.75 Å². The number of phenols is 1. The van der Waals surface area contributed by atoms with Gasteiger partial charge in [-0.1, -0.05) is 41.9 Å². The molecule has 21 heavy (non-hydrogen) atoms. The zero-order chi connectivity index (χ0) is 14.8. The van der Waals surface area contributed by atoms with Gasteiger partial charge in [-0.2, -0.15) is 0 Å². The first-order chi connectivity index (χ1) is 10.1. The fourth-order valence-electron chi connectivity index (χ4n) is 2.00. The van der Waals surface area contributed by atoms with Crippen molar-refractivity contribution in [1.82, 2.24) is 10.2 Å². The van der Waals surface area contributed by atoms with Crippen LogP contribution < -0.4 is 5.32 Å². The Morgan fingerprint density at radius 1 is 1.05 bits per heavy atom. The summed E-state index contributed by atoms with van der Waals surface area (Å²) in [5, 5.41) is 21.9. The molecule has 0 spiro atoms. The van der Waals surface area contributed by atoms with Gasteiger partial charge in [0.25, 0.3) is 5.91 Å². The van der Waals surface area contributed by atoms with Gasteiger partial charge >= 0.3 is 0 Å². The number of halogens is 1. The average molecular weight is 300 g/mol. The van der Waals surface area contributed by atoms with Gasteiger partial charge in [-0.15, -0.1) is 10.2 Å². The maximum atomic E-state index is 12.2. The van der Waals surface area contributed by atoms with E-state index in [-0.39, 0.29) is 22.3 Å². The number of aromatic nitrogens is 2. The maximum Gasteiger partial charge on any atom is 0.260 e. The Hall–Kier alpha value is -2.66. The highest BCUT2D eigenvalue weighted by Crippen LogP contribution is 2.28. The number of amides is 1. The van der Waals surface area contributed by atoms with Crippen molar-refractivity contribution in [2.24, 2.45) is 0 Å². The summed E-state index contributed by atoms with van der Waals surface area (Å²) in [6, 6.07) is 13.7. The quantitative estimate of drug-likeness (QED) is 0.761. The molecule has 0 aliphatic rings. The number of hydrogen-bond acceptors (Lipinski definition) is 4. The van der Waals surface area contributed by atoms with E-state index in [1.54, 1.807) is 24.3 Å². The summed E-state index contributed by atoms with van der Waals surface area (Å²) in [5.74, 6) is -0.264. The van der Waals surface area contributed by atoms with E-state index in [0.29, 0.717) is 5.39 Å². The van der Waals surface area contributed by atoms with Crippen molar-refractivity contribution in [2.75, 3.05) is 5.32 Å². The number of rotatable bonds is 2. The van der Waals surface area contributed by atoms with E-state index in [1.807, 2.05) is 12.1 Å². The molecule has 3 aromatic rings. The summed E-state index contributed by atoms with van der Waals surface area (Å²) in [4.78, 5) is 12.2. The highest BCUT2D eigenvalue weighted by Gasteiger charge is 2.14. The zero-order valence-electron chi connectivity index (χ0n) is 10.7. The van der Waals surface area contributed by atoms with Crippen LogP contribution in [0.25, 0.3) is 10.8 Å². The number of nitrogens with zero attached hydrogens (tertiary/aromatic N) is 2. The Morgan fingerprint density at radius 3 is 2.62 bits per heavy atom. The number of phenolic OH excluding ortho intramolecular Hbond substituents is 1. The standard InChI is InChI=1S/C15H10ClN3O2/c16-12-7-8-13(19-18-12)17-15(21)11-6-5-9-3-1-2-4-10(9)14(11)20/h1-8,20H,(H,17,19,21). The lowest BCUT2D eigenvalue weighted by molar-refractivity contribution is 0.102. The minimum absolute atomic E-state index is 0.0625. The number of anilines is 1. The molecule has 0 atom stereocenters. The van der Waals surface area contributed by atoms with Crippen molar-refractivity contribution in [2.45, 2.75) is 0 Å². The molecule has 2 N–H and O–H groups in total. The Balaban J connectivity index is 1.94. The van der Waals surface area contributed by atoms with Crippen molar-refractivity contribution in [3.05, 3.63) is 59.2 Å². The van der Waals surface area contributed by atoms with Crippen LogP contribution in [-0.4, -0.2) is 21.2 Å². The molecule has 5 nitrogen and oxygen atoms in total. The number of benzene rings is 2. The van der Waals surface area contributed by atoms with Gasteiger partial charge in [0.05, 0.1) is 5.56 Å². The van der Waals surface area contributed by atoms with E-state index in [0.717, 1.165) is 5.39 Å². The average Bonchev–Trinajstić information content (AvgIpc) is 2.50. The van der Waals surface area contributed by atoms with E-state index in [9.17, 15) is 9.90 Å². The molecule has 0 saturated carbocycles. The van der Waals surface area contributed by atoms with Crippen molar-refractivity contribution < 1.29 is 9.90 Å². The minimum atomic E-state index is -0.463. The summed E-state index contributed by atoms with van der Waals surface area (Å²) < 4.78 is 0. The largest absolute Gasteiger partial charge is 0.506 e. The third-order valence-corrected chi connectivity index (χ3v) is 3.22. The monoisotopic (exact) mass is 299 g/mol. The van der Waals surface area contributed by atoms with Crippen LogP contribution in [0.2, 0.25) is 5.15 Å². The highest BCUT2D eigenvalue weighted by molar-refractivity contribution is 6.29. The molecule has 1 heterocycles. The van der Waals surface area contributed by atoms with Crippen LogP contribution in [0.1, 0.15) is 10.4 Å². The Labute approximate surface area is 125 Å². The molecule has 1 amide bonds. The number of carbonyl (C=O) groups excluding carboxylic acids is 1. The van der Waals surface area contributed by atoms with Crippen LogP contribution in [0.5, 0.6) is 5.75 Å². The van der Waals surface area contributed by atoms with Gasteiger partial charge in [0, 0.05) is 5.39 Å². The fraction of sp³-hybridized carbons (Fsp3) is 0. The smallest absolute Gasteiger partial charge is 0.260 e. The lowest BCUT2D eigenvalue weighted by atomic mass is 10.0. The molecule has 0 unspecified atom stereocenters. The molecule has 6 heteroatoms. The lowest BCUT2D eigenvalue weighted by Gasteiger charge is -2.08. The van der Waals surface area contributed by atoms with Crippen LogP contribution in [0.4, 0.5) is 5.82 Å². The normalized spacial score (nSPS) is 10.5. The third-order valence-electron chi connectivity index (χ3n) is 3.02. The van der Waals surface area contributed by atoms with Gasteiger partial charge in [-0.3, -0.25) is 4.79 Å². The van der Waals surface area contributed by atoms with Crippen LogP contribution in [0, 0.1) is 0 Å². The molecule has 0 saturated heterocycles. The first-order valence-corrected chi connectivity index (χ1v) is 6.54. The van der Waals surface area contributed by atoms with Gasteiger partial charge in [0.15, 0.2) is 11.0 Å². The van der Waals surface area contributed by atoms with Crippen LogP contribution >= 0.6 is 11.6 Å². The van der Waals surface area contributed by atoms with Crippen molar-refractivity contribution in [3.8, 4) is 5.75 Å². The Kier molecular flexibility index (Phi) is 3.41. The molecular formula is C15H10ClN3O2. The first kappa shape index (κ1) is 13.3. The summed E-state index contributed by atoms with van der Waals surface area (Å²) in [5.41, 5.74) is 0.172. The predicted molar refractivity (Wildman–Crippen MR) is 80.6 cm³/mol. The molecule has 3 rings (SSSR count). The number of hydrogen-bond donors (Lipinski definition) is 2. The number of fused-ring (bicyclic) bond motifs is 1. The molecule has 1 aromatic heterocycles. The SMILES string of the molecule is O=C(Nc1ccc(Cl)nn1)c1ccc2ccccc2c1O. The third kappa shape index (κ3) is 2.64. The van der Waals surface area contributed by atoms with Crippen molar-refractivity contribution in [3.63, 3.8) is 0 Å². The molecule has 104 valence electrons. The second kappa shape index (κ2) is 5.38.